The maximum Gasteiger partial charge on any atom is 0.419 e. The van der Waals surface area contributed by atoms with E-state index in [1.807, 2.05) is 18.2 Å². The highest BCUT2D eigenvalue weighted by Crippen LogP contribution is 2.33. The van der Waals surface area contributed by atoms with E-state index in [1.54, 1.807) is 12.4 Å². The van der Waals surface area contributed by atoms with Gasteiger partial charge in [-0.25, -0.2) is 14.3 Å². The topological polar surface area (TPSA) is 44.1 Å². The Morgan fingerprint density at radius 2 is 2.29 bits per heavy atom. The van der Waals surface area contributed by atoms with Crippen LogP contribution in [-0.4, -0.2) is 15.6 Å². The molecule has 17 heavy (non-hydrogen) atoms. The number of benzene rings is 1. The molecule has 0 radical (unpaired) electrons. The van der Waals surface area contributed by atoms with E-state index in [1.165, 1.54) is 16.5 Å². The van der Waals surface area contributed by atoms with Crippen LogP contribution < -0.4 is 0 Å². The van der Waals surface area contributed by atoms with Gasteiger partial charge in [0.1, 0.15) is 12.4 Å². The summed E-state index contributed by atoms with van der Waals surface area (Å²) in [6.45, 7) is 0. The summed E-state index contributed by atoms with van der Waals surface area (Å²) in [7, 11) is 0. The molecule has 3 rings (SSSR count). The minimum Gasteiger partial charge on any atom is -0.441 e. The third kappa shape index (κ3) is 1.82. The van der Waals surface area contributed by atoms with E-state index < -0.39 is 0 Å². The average molecular weight is 228 g/mol. The lowest BCUT2D eigenvalue weighted by atomic mass is 10.1. The first-order chi connectivity index (χ1) is 8.34. The van der Waals surface area contributed by atoms with Gasteiger partial charge in [0, 0.05) is 12.4 Å². The summed E-state index contributed by atoms with van der Waals surface area (Å²) >= 11 is 0. The van der Waals surface area contributed by atoms with Crippen molar-refractivity contribution >= 4 is 6.09 Å². The van der Waals surface area contributed by atoms with Crippen LogP contribution in [0.25, 0.3) is 0 Å². The van der Waals surface area contributed by atoms with E-state index in [4.69, 9.17) is 4.74 Å². The van der Waals surface area contributed by atoms with Crippen LogP contribution in [0.4, 0.5) is 4.79 Å². The molecule has 1 aromatic heterocycles. The van der Waals surface area contributed by atoms with Gasteiger partial charge in [-0.05, 0) is 24.0 Å². The van der Waals surface area contributed by atoms with Gasteiger partial charge in [-0.15, -0.1) is 0 Å². The molecule has 2 aromatic rings. The minimum atomic E-state index is -0.371. The Labute approximate surface area is 98.9 Å². The molecule has 1 aromatic carbocycles. The molecule has 86 valence electrons. The summed E-state index contributed by atoms with van der Waals surface area (Å²) in [5.74, 6) is 0. The summed E-state index contributed by atoms with van der Waals surface area (Å²) < 4.78 is 6.81. The zero-order valence-electron chi connectivity index (χ0n) is 9.24. The molecule has 0 saturated heterocycles. The molecule has 0 fully saturated rings. The second-order valence-electron chi connectivity index (χ2n) is 4.08. The fraction of sp³-hybridized carbons (Fsp3) is 0.231. The molecule has 1 aliphatic rings. The lowest BCUT2D eigenvalue weighted by Gasteiger charge is -2.13. The van der Waals surface area contributed by atoms with Crippen molar-refractivity contribution in [1.29, 1.82) is 0 Å². The van der Waals surface area contributed by atoms with E-state index in [2.05, 4.69) is 11.1 Å². The Hall–Kier alpha value is -2.10. The number of aryl methyl sites for hydroxylation is 1. The molecule has 1 aliphatic carbocycles. The summed E-state index contributed by atoms with van der Waals surface area (Å²) in [6.07, 6.45) is 5.93. The zero-order valence-corrected chi connectivity index (χ0v) is 9.24. The van der Waals surface area contributed by atoms with Crippen molar-refractivity contribution in [1.82, 2.24) is 9.55 Å². The second kappa shape index (κ2) is 4.05. The zero-order chi connectivity index (χ0) is 11.7. The average Bonchev–Trinajstić information content (AvgIpc) is 2.98. The third-order valence-corrected chi connectivity index (χ3v) is 3.04. The Morgan fingerprint density at radius 1 is 1.41 bits per heavy atom. The van der Waals surface area contributed by atoms with Crippen LogP contribution >= 0.6 is 0 Å². The third-order valence-electron chi connectivity index (χ3n) is 3.04. The number of carbonyl (C=O) groups excluding carboxylic acids is 1. The number of rotatable bonds is 1. The summed E-state index contributed by atoms with van der Waals surface area (Å²) in [4.78, 5) is 15.6. The van der Waals surface area contributed by atoms with Crippen molar-refractivity contribution in [3.63, 3.8) is 0 Å². The van der Waals surface area contributed by atoms with E-state index in [-0.39, 0.29) is 12.2 Å². The number of carbonyl (C=O) groups is 1. The Bertz CT molecular complexity index is 534. The number of hydrogen-bond donors (Lipinski definition) is 0. The number of ether oxygens (including phenoxy) is 1. The fourth-order valence-corrected chi connectivity index (χ4v) is 2.19. The van der Waals surface area contributed by atoms with Crippen molar-refractivity contribution in [3.8, 4) is 0 Å². The van der Waals surface area contributed by atoms with Gasteiger partial charge < -0.3 is 4.74 Å². The molecule has 0 aliphatic heterocycles. The number of hydrogen-bond acceptors (Lipinski definition) is 3. The van der Waals surface area contributed by atoms with Crippen LogP contribution in [-0.2, 0) is 11.2 Å². The van der Waals surface area contributed by atoms with Gasteiger partial charge in [-0.3, -0.25) is 0 Å². The van der Waals surface area contributed by atoms with Crippen LogP contribution in [0.1, 0.15) is 23.7 Å². The molecule has 4 nitrogen and oxygen atoms in total. The minimum absolute atomic E-state index is 0.124. The molecule has 0 amide bonds. The van der Waals surface area contributed by atoms with Crippen molar-refractivity contribution in [3.05, 3.63) is 54.1 Å². The fourth-order valence-electron chi connectivity index (χ4n) is 2.19. The Kier molecular flexibility index (Phi) is 2.40. The normalized spacial score (nSPS) is 17.8. The molecule has 1 atom stereocenters. The van der Waals surface area contributed by atoms with Gasteiger partial charge >= 0.3 is 6.09 Å². The first kappa shape index (κ1) is 10.1. The van der Waals surface area contributed by atoms with E-state index >= 15 is 0 Å². The Balaban J connectivity index is 1.78. The SMILES string of the molecule is O=C(OC1CCc2ccccc21)n1ccnc1. The molecule has 0 bridgehead atoms. The lowest BCUT2D eigenvalue weighted by molar-refractivity contribution is 0.0995. The highest BCUT2D eigenvalue weighted by molar-refractivity contribution is 5.70. The molecule has 0 saturated carbocycles. The molecular weight excluding hydrogens is 216 g/mol. The first-order valence-electron chi connectivity index (χ1n) is 5.61. The molecular formula is C13H12N2O2. The molecule has 1 unspecified atom stereocenters. The molecule has 0 N–H and O–H groups in total. The summed E-state index contributed by atoms with van der Waals surface area (Å²) in [6, 6.07) is 8.09. The van der Waals surface area contributed by atoms with Crippen molar-refractivity contribution in [2.75, 3.05) is 0 Å². The van der Waals surface area contributed by atoms with Crippen molar-refractivity contribution in [2.24, 2.45) is 0 Å². The van der Waals surface area contributed by atoms with Crippen LogP contribution in [0, 0.1) is 0 Å². The quantitative estimate of drug-likeness (QED) is 0.753. The number of nitrogens with zero attached hydrogens (tertiary/aromatic N) is 2. The van der Waals surface area contributed by atoms with Crippen molar-refractivity contribution in [2.45, 2.75) is 18.9 Å². The molecule has 1 heterocycles. The van der Waals surface area contributed by atoms with Crippen LogP contribution in [0.3, 0.4) is 0 Å². The highest BCUT2D eigenvalue weighted by atomic mass is 16.6. The predicted octanol–water partition coefficient (Wildman–Crippen LogP) is 2.56. The summed E-state index contributed by atoms with van der Waals surface area (Å²) in [5.41, 5.74) is 2.40. The highest BCUT2D eigenvalue weighted by Gasteiger charge is 2.25. The van der Waals surface area contributed by atoms with Crippen LogP contribution in [0.2, 0.25) is 0 Å². The van der Waals surface area contributed by atoms with E-state index in [0.29, 0.717) is 0 Å². The first-order valence-corrected chi connectivity index (χ1v) is 5.61. The molecule has 0 spiro atoms. The van der Waals surface area contributed by atoms with Gasteiger partial charge in [0.25, 0.3) is 0 Å². The number of imidazole rings is 1. The lowest BCUT2D eigenvalue weighted by Crippen LogP contribution is -2.14. The number of fused-ring (bicyclic) bond motifs is 1. The monoisotopic (exact) mass is 228 g/mol. The van der Waals surface area contributed by atoms with Crippen LogP contribution in [0.15, 0.2) is 43.0 Å². The van der Waals surface area contributed by atoms with Crippen LogP contribution in [0.5, 0.6) is 0 Å². The largest absolute Gasteiger partial charge is 0.441 e. The smallest absolute Gasteiger partial charge is 0.419 e. The van der Waals surface area contributed by atoms with E-state index in [0.717, 1.165) is 18.4 Å². The Morgan fingerprint density at radius 3 is 3.12 bits per heavy atom. The summed E-state index contributed by atoms with van der Waals surface area (Å²) in [5, 5.41) is 0. The van der Waals surface area contributed by atoms with E-state index in [9.17, 15) is 4.79 Å². The van der Waals surface area contributed by atoms with Crippen molar-refractivity contribution < 1.29 is 9.53 Å². The number of aromatic nitrogens is 2. The van der Waals surface area contributed by atoms with Gasteiger partial charge in [0.2, 0.25) is 0 Å². The maximum atomic E-state index is 11.8. The van der Waals surface area contributed by atoms with Gasteiger partial charge in [0.15, 0.2) is 0 Å². The van der Waals surface area contributed by atoms with Gasteiger partial charge in [-0.2, -0.15) is 0 Å². The van der Waals surface area contributed by atoms with Gasteiger partial charge in [-0.1, -0.05) is 24.3 Å². The predicted molar refractivity (Wildman–Crippen MR) is 61.6 cm³/mol. The second-order valence-corrected chi connectivity index (χ2v) is 4.08. The molecule has 4 heteroatoms. The maximum absolute atomic E-state index is 11.8. The standard InChI is InChI=1S/C13H12N2O2/c16-13(15-8-7-14-9-15)17-12-6-5-10-3-1-2-4-11(10)12/h1-4,7-9,12H,5-6H2. The van der Waals surface area contributed by atoms with Gasteiger partial charge in [0.05, 0.1) is 0 Å².